The first kappa shape index (κ1) is 11.3. The molecule has 0 saturated carbocycles. The number of aliphatic hydroxyl groups is 1. The third-order valence-electron chi connectivity index (χ3n) is 1.90. The molecule has 0 amide bonds. The van der Waals surface area contributed by atoms with E-state index in [-0.39, 0.29) is 11.3 Å². The Morgan fingerprint density at radius 1 is 1.33 bits per heavy atom. The third kappa shape index (κ3) is 2.60. The average Bonchev–Trinajstić information content (AvgIpc) is 2.15. The molecule has 0 aliphatic heterocycles. The van der Waals surface area contributed by atoms with Gasteiger partial charge in [0.15, 0.2) is 5.78 Å². The summed E-state index contributed by atoms with van der Waals surface area (Å²) >= 11 is 0. The smallest absolute Gasteiger partial charge is 0.269 e. The molecule has 0 radical (unpaired) electrons. The van der Waals surface area contributed by atoms with E-state index in [2.05, 4.69) is 0 Å². The molecule has 0 aliphatic carbocycles. The van der Waals surface area contributed by atoms with Gasteiger partial charge in [-0.15, -0.1) is 0 Å². The molecule has 0 saturated heterocycles. The zero-order valence-corrected chi connectivity index (χ0v) is 8.43. The van der Waals surface area contributed by atoms with Gasteiger partial charge in [0, 0.05) is 17.7 Å². The van der Waals surface area contributed by atoms with Crippen LogP contribution in [0.5, 0.6) is 0 Å². The highest BCUT2D eigenvalue weighted by Crippen LogP contribution is 2.16. The Morgan fingerprint density at radius 2 is 1.80 bits per heavy atom. The van der Waals surface area contributed by atoms with Crippen LogP contribution in [0.3, 0.4) is 0 Å². The van der Waals surface area contributed by atoms with E-state index in [1.54, 1.807) is 0 Å². The Hall–Kier alpha value is -1.75. The Bertz CT molecular complexity index is 389. The average molecular weight is 209 g/mol. The first-order valence-corrected chi connectivity index (χ1v) is 4.34. The SMILES string of the molecule is CC(C)(O)C(=O)c1ccc([N+](=O)[O-])cc1. The number of hydrogen-bond acceptors (Lipinski definition) is 4. The number of Topliss-reactive ketones (excluding diaryl/α,β-unsaturated/α-hetero) is 1. The van der Waals surface area contributed by atoms with Gasteiger partial charge in [0.1, 0.15) is 5.60 Å². The van der Waals surface area contributed by atoms with Gasteiger partial charge in [-0.05, 0) is 26.0 Å². The molecule has 0 heterocycles. The predicted molar refractivity (Wildman–Crippen MR) is 53.7 cm³/mol. The van der Waals surface area contributed by atoms with Crippen LogP contribution in [0.25, 0.3) is 0 Å². The van der Waals surface area contributed by atoms with Gasteiger partial charge in [0.2, 0.25) is 0 Å². The molecular formula is C10H11NO4. The van der Waals surface area contributed by atoms with E-state index in [0.717, 1.165) is 0 Å². The molecule has 1 aromatic rings. The highest BCUT2D eigenvalue weighted by Gasteiger charge is 2.25. The summed E-state index contributed by atoms with van der Waals surface area (Å²) in [5, 5.41) is 19.8. The monoisotopic (exact) mass is 209 g/mol. The van der Waals surface area contributed by atoms with Crippen LogP contribution in [0.4, 0.5) is 5.69 Å². The second kappa shape index (κ2) is 3.78. The van der Waals surface area contributed by atoms with E-state index in [9.17, 15) is 20.0 Å². The van der Waals surface area contributed by atoms with Crippen molar-refractivity contribution in [3.8, 4) is 0 Å². The summed E-state index contributed by atoms with van der Waals surface area (Å²) in [6.07, 6.45) is 0. The van der Waals surface area contributed by atoms with Gasteiger partial charge in [-0.2, -0.15) is 0 Å². The van der Waals surface area contributed by atoms with Crippen LogP contribution < -0.4 is 0 Å². The zero-order chi connectivity index (χ0) is 11.6. The van der Waals surface area contributed by atoms with Gasteiger partial charge in [-0.25, -0.2) is 0 Å². The van der Waals surface area contributed by atoms with E-state index in [4.69, 9.17) is 0 Å². The van der Waals surface area contributed by atoms with Crippen molar-refractivity contribution >= 4 is 11.5 Å². The summed E-state index contributed by atoms with van der Waals surface area (Å²) < 4.78 is 0. The van der Waals surface area contributed by atoms with Crippen molar-refractivity contribution < 1.29 is 14.8 Å². The molecule has 5 nitrogen and oxygen atoms in total. The highest BCUT2D eigenvalue weighted by atomic mass is 16.6. The van der Waals surface area contributed by atoms with Crippen molar-refractivity contribution in [1.82, 2.24) is 0 Å². The first-order valence-electron chi connectivity index (χ1n) is 4.34. The van der Waals surface area contributed by atoms with E-state index >= 15 is 0 Å². The van der Waals surface area contributed by atoms with Crippen molar-refractivity contribution in [2.75, 3.05) is 0 Å². The number of ketones is 1. The number of nitro groups is 1. The molecular weight excluding hydrogens is 198 g/mol. The molecule has 0 bridgehead atoms. The Morgan fingerprint density at radius 3 is 2.13 bits per heavy atom. The van der Waals surface area contributed by atoms with E-state index in [1.165, 1.54) is 38.1 Å². The number of carbonyl (C=O) groups excluding carboxylic acids is 1. The lowest BCUT2D eigenvalue weighted by Gasteiger charge is -2.14. The van der Waals surface area contributed by atoms with Crippen molar-refractivity contribution in [3.05, 3.63) is 39.9 Å². The molecule has 15 heavy (non-hydrogen) atoms. The highest BCUT2D eigenvalue weighted by molar-refractivity contribution is 6.01. The Kier molecular flexibility index (Phi) is 2.85. The normalized spacial score (nSPS) is 11.1. The van der Waals surface area contributed by atoms with E-state index in [0.29, 0.717) is 0 Å². The van der Waals surface area contributed by atoms with E-state index < -0.39 is 16.3 Å². The summed E-state index contributed by atoms with van der Waals surface area (Å²) in [6.45, 7) is 2.74. The second-order valence-electron chi connectivity index (χ2n) is 3.69. The van der Waals surface area contributed by atoms with Crippen molar-refractivity contribution in [2.45, 2.75) is 19.4 Å². The third-order valence-corrected chi connectivity index (χ3v) is 1.90. The maximum atomic E-state index is 11.5. The molecule has 0 aromatic heterocycles. The minimum atomic E-state index is -1.46. The largest absolute Gasteiger partial charge is 0.382 e. The molecule has 0 unspecified atom stereocenters. The molecule has 0 atom stereocenters. The van der Waals surface area contributed by atoms with Gasteiger partial charge < -0.3 is 5.11 Å². The maximum absolute atomic E-state index is 11.5. The number of benzene rings is 1. The molecule has 1 aromatic carbocycles. The number of hydrogen-bond donors (Lipinski definition) is 1. The van der Waals surface area contributed by atoms with Crippen LogP contribution in [-0.4, -0.2) is 21.4 Å². The molecule has 5 heteroatoms. The number of nitrogens with zero attached hydrogens (tertiary/aromatic N) is 1. The van der Waals surface area contributed by atoms with E-state index in [1.807, 2.05) is 0 Å². The maximum Gasteiger partial charge on any atom is 0.269 e. The fourth-order valence-corrected chi connectivity index (χ4v) is 1.09. The summed E-state index contributed by atoms with van der Waals surface area (Å²) in [5.41, 5.74) is -1.29. The van der Waals surface area contributed by atoms with Gasteiger partial charge in [0.05, 0.1) is 4.92 Å². The quantitative estimate of drug-likeness (QED) is 0.465. The van der Waals surface area contributed by atoms with Crippen LogP contribution in [0, 0.1) is 10.1 Å². The fourth-order valence-electron chi connectivity index (χ4n) is 1.09. The molecule has 1 N–H and O–H groups in total. The second-order valence-corrected chi connectivity index (χ2v) is 3.69. The summed E-state index contributed by atoms with van der Waals surface area (Å²) in [6, 6.07) is 5.13. The molecule has 80 valence electrons. The topological polar surface area (TPSA) is 80.4 Å². The van der Waals surface area contributed by atoms with Crippen LogP contribution in [0.2, 0.25) is 0 Å². The molecule has 1 rings (SSSR count). The summed E-state index contributed by atoms with van der Waals surface area (Å²) in [4.78, 5) is 21.3. The van der Waals surface area contributed by atoms with Crippen LogP contribution in [0.15, 0.2) is 24.3 Å². The van der Waals surface area contributed by atoms with Crippen LogP contribution >= 0.6 is 0 Å². The van der Waals surface area contributed by atoms with Crippen LogP contribution in [0.1, 0.15) is 24.2 Å². The van der Waals surface area contributed by atoms with Gasteiger partial charge in [0.25, 0.3) is 5.69 Å². The van der Waals surface area contributed by atoms with Crippen molar-refractivity contribution in [2.24, 2.45) is 0 Å². The number of nitro benzene ring substituents is 1. The van der Waals surface area contributed by atoms with Gasteiger partial charge >= 0.3 is 0 Å². The summed E-state index contributed by atoms with van der Waals surface area (Å²) in [7, 11) is 0. The van der Waals surface area contributed by atoms with Crippen molar-refractivity contribution in [3.63, 3.8) is 0 Å². The minimum Gasteiger partial charge on any atom is -0.382 e. The minimum absolute atomic E-state index is 0.0812. The lowest BCUT2D eigenvalue weighted by atomic mass is 9.97. The number of rotatable bonds is 3. The lowest BCUT2D eigenvalue weighted by molar-refractivity contribution is -0.384. The molecule has 0 spiro atoms. The first-order chi connectivity index (χ1) is 6.82. The fraction of sp³-hybridized carbons (Fsp3) is 0.300. The molecule has 0 aliphatic rings. The van der Waals surface area contributed by atoms with Gasteiger partial charge in [-0.1, -0.05) is 0 Å². The van der Waals surface area contributed by atoms with Gasteiger partial charge in [-0.3, -0.25) is 14.9 Å². The molecule has 0 fully saturated rings. The predicted octanol–water partition coefficient (Wildman–Crippen LogP) is 1.55. The Balaban J connectivity index is 3.00. The summed E-state index contributed by atoms with van der Waals surface area (Å²) in [5.74, 6) is -0.461. The lowest BCUT2D eigenvalue weighted by Crippen LogP contribution is -2.30. The van der Waals surface area contributed by atoms with Crippen molar-refractivity contribution in [1.29, 1.82) is 0 Å². The number of carbonyl (C=O) groups is 1. The standard InChI is InChI=1S/C10H11NO4/c1-10(2,13)9(12)7-3-5-8(6-4-7)11(14)15/h3-6,13H,1-2H3. The zero-order valence-electron chi connectivity index (χ0n) is 8.43. The van der Waals surface area contributed by atoms with Crippen LogP contribution in [-0.2, 0) is 0 Å². The Labute approximate surface area is 86.5 Å². The number of non-ortho nitro benzene ring substituents is 1.